The Labute approximate surface area is 474 Å². The van der Waals surface area contributed by atoms with Crippen molar-refractivity contribution in [1.82, 2.24) is 35.3 Å². The summed E-state index contributed by atoms with van der Waals surface area (Å²) in [7, 11) is 0. The van der Waals surface area contributed by atoms with Gasteiger partial charge in [-0.25, -0.2) is 9.97 Å². The number of phenolic OH excluding ortho intramolecular Hbond substituents is 1. The lowest BCUT2D eigenvalue weighted by Crippen LogP contribution is -2.51. The number of aryl methyl sites for hydroxylation is 1. The first-order chi connectivity index (χ1) is 38.7. The first kappa shape index (κ1) is 59.0. The molecule has 80 heavy (non-hydrogen) atoms. The highest BCUT2D eigenvalue weighted by Gasteiger charge is 2.45. The molecule has 4 aliphatic heterocycles. The van der Waals surface area contributed by atoms with Crippen LogP contribution in [0.15, 0.2) is 95.1 Å². The number of amides is 3. The van der Waals surface area contributed by atoms with Crippen molar-refractivity contribution in [2.45, 2.75) is 128 Å². The summed E-state index contributed by atoms with van der Waals surface area (Å²) in [6, 6.07) is 18.5. The van der Waals surface area contributed by atoms with Gasteiger partial charge >= 0.3 is 0 Å². The number of nitrogens with zero attached hydrogens (tertiary/aromatic N) is 7. The first-order valence-corrected chi connectivity index (χ1v) is 29.2. The van der Waals surface area contributed by atoms with Crippen molar-refractivity contribution in [3.05, 3.63) is 107 Å². The number of oxime groups is 1. The number of piperazine rings is 1. The molecule has 20 nitrogen and oxygen atoms in total. The average Bonchev–Trinajstić information content (AvgIpc) is 4.25. The van der Waals surface area contributed by atoms with Gasteiger partial charge in [0.1, 0.15) is 35.7 Å². The van der Waals surface area contributed by atoms with Gasteiger partial charge < -0.3 is 72.0 Å². The Balaban J connectivity index is 0.000000232. The van der Waals surface area contributed by atoms with E-state index in [0.29, 0.717) is 80.7 Å². The predicted molar refractivity (Wildman–Crippen MR) is 311 cm³/mol. The number of aromatic nitrogens is 2. The maximum Gasteiger partial charge on any atom is 0.243 e. The predicted octanol–water partition coefficient (Wildman–Crippen LogP) is 5.96. The second-order valence-electron chi connectivity index (χ2n) is 21.7. The minimum Gasteiger partial charge on any atom is -0.507 e. The van der Waals surface area contributed by atoms with Crippen molar-refractivity contribution in [3.63, 3.8) is 0 Å². The molecule has 2 aromatic heterocycles. The van der Waals surface area contributed by atoms with Gasteiger partial charge in [-0.1, -0.05) is 55.4 Å². The summed E-state index contributed by atoms with van der Waals surface area (Å²) in [6.07, 6.45) is 11.9. The molecule has 432 valence electrons. The van der Waals surface area contributed by atoms with Gasteiger partial charge in [-0.2, -0.15) is 0 Å². The van der Waals surface area contributed by atoms with Crippen LogP contribution in [0, 0.1) is 18.8 Å². The van der Waals surface area contributed by atoms with E-state index in [-0.39, 0.29) is 47.6 Å². The van der Waals surface area contributed by atoms with E-state index in [2.05, 4.69) is 52.6 Å². The summed E-state index contributed by atoms with van der Waals surface area (Å²) < 4.78 is 12.0. The van der Waals surface area contributed by atoms with Gasteiger partial charge in [0.25, 0.3) is 0 Å². The number of pyridine rings is 1. The van der Waals surface area contributed by atoms with E-state index in [1.165, 1.54) is 6.42 Å². The Morgan fingerprint density at radius 1 is 0.887 bits per heavy atom. The average molecular weight is 1120 g/mol. The number of likely N-dealkylation sites (tertiary alicyclic amines) is 2. The summed E-state index contributed by atoms with van der Waals surface area (Å²) in [5.74, 6) is 1.31. The minimum absolute atomic E-state index is 0.0136. The van der Waals surface area contributed by atoms with Crippen LogP contribution >= 0.6 is 11.3 Å². The third kappa shape index (κ3) is 15.4. The van der Waals surface area contributed by atoms with Crippen molar-refractivity contribution < 1.29 is 38.9 Å². The fraction of sp³-hybridized carbons (Fsp3) is 0.525. The van der Waals surface area contributed by atoms with Gasteiger partial charge in [0.05, 0.1) is 45.9 Å². The number of piperidine rings is 1. The van der Waals surface area contributed by atoms with E-state index in [1.807, 2.05) is 63.5 Å². The molecule has 1 aliphatic carbocycles. The number of hydrogen-bond donors (Lipinski definition) is 7. The molecular formula is C59H82N12O8S. The van der Waals surface area contributed by atoms with Crippen molar-refractivity contribution in [1.29, 1.82) is 0 Å². The lowest BCUT2D eigenvalue weighted by molar-refractivity contribution is -0.147. The SMILES string of the molecule is Cc1ncsc1-c1ccc(C(C)NC(=O)C2CCCN2C(=O)C(C(C)C)C2CC(N3CCC(OCCC(O)CCNC=O)CC3)=NO2)cc1.NC(N)=C(/C=C(\N)c1ccccc1O)N1CCN(c2ccnc(OC3CCC3)c2)CC1. The summed E-state index contributed by atoms with van der Waals surface area (Å²) in [4.78, 5) is 62.3. The number of nitrogens with two attached hydrogens (primary N) is 3. The molecule has 2 aromatic carbocycles. The van der Waals surface area contributed by atoms with Crippen molar-refractivity contribution >= 4 is 46.8 Å². The van der Waals surface area contributed by atoms with E-state index in [9.17, 15) is 24.6 Å². The number of para-hydroxylation sites is 1. The van der Waals surface area contributed by atoms with Crippen molar-refractivity contribution in [3.8, 4) is 22.1 Å². The van der Waals surface area contributed by atoms with Crippen LogP contribution < -0.4 is 37.5 Å². The van der Waals surface area contributed by atoms with Crippen LogP contribution in [-0.2, 0) is 24.0 Å². The Kier molecular flexibility index (Phi) is 20.9. The number of aliphatic hydroxyl groups is 1. The zero-order valence-corrected chi connectivity index (χ0v) is 47.6. The van der Waals surface area contributed by atoms with Gasteiger partial charge in [-0.3, -0.25) is 14.4 Å². The zero-order chi connectivity index (χ0) is 56.7. The van der Waals surface area contributed by atoms with Gasteiger partial charge in [-0.15, -0.1) is 11.3 Å². The molecular weight excluding hydrogens is 1040 g/mol. The lowest BCUT2D eigenvalue weighted by atomic mass is 9.86. The molecule has 4 fully saturated rings. The number of carbonyl (C=O) groups is 3. The number of aliphatic hydroxyl groups excluding tert-OH is 1. The monoisotopic (exact) mass is 1120 g/mol. The van der Waals surface area contributed by atoms with Crippen LogP contribution in [0.25, 0.3) is 16.1 Å². The second-order valence-corrected chi connectivity index (χ2v) is 22.6. The van der Waals surface area contributed by atoms with E-state index >= 15 is 0 Å². The Hall–Kier alpha value is -7.10. The fourth-order valence-corrected chi connectivity index (χ4v) is 11.8. The number of anilines is 1. The highest BCUT2D eigenvalue weighted by molar-refractivity contribution is 7.13. The summed E-state index contributed by atoms with van der Waals surface area (Å²) in [5, 5.41) is 30.3. The van der Waals surface area contributed by atoms with Crippen LogP contribution in [0.1, 0.15) is 108 Å². The molecule has 0 radical (unpaired) electrons. The van der Waals surface area contributed by atoms with Gasteiger partial charge in [0.15, 0.2) is 0 Å². The molecule has 5 unspecified atom stereocenters. The van der Waals surface area contributed by atoms with Crippen LogP contribution in [0.3, 0.4) is 0 Å². The summed E-state index contributed by atoms with van der Waals surface area (Å²) in [6.45, 7) is 14.2. The molecule has 3 saturated heterocycles. The molecule has 1 saturated carbocycles. The van der Waals surface area contributed by atoms with Gasteiger partial charge in [0, 0.05) is 94.6 Å². The number of phenols is 1. The van der Waals surface area contributed by atoms with E-state index < -0.39 is 18.1 Å². The number of benzene rings is 2. The number of aromatic hydroxyl groups is 1. The van der Waals surface area contributed by atoms with Crippen LogP contribution in [-0.4, -0.2) is 148 Å². The van der Waals surface area contributed by atoms with E-state index in [1.54, 1.807) is 46.7 Å². The largest absolute Gasteiger partial charge is 0.507 e. The van der Waals surface area contributed by atoms with E-state index in [4.69, 9.17) is 31.5 Å². The molecule has 4 aromatic rings. The minimum atomic E-state index is -0.509. The van der Waals surface area contributed by atoms with Crippen LogP contribution in [0.2, 0.25) is 0 Å². The molecule has 3 amide bonds. The molecule has 6 heterocycles. The highest BCUT2D eigenvalue weighted by atomic mass is 32.1. The third-order valence-corrected chi connectivity index (χ3v) is 16.8. The van der Waals surface area contributed by atoms with Gasteiger partial charge in [-0.05, 0) is 113 Å². The van der Waals surface area contributed by atoms with Crippen LogP contribution in [0.4, 0.5) is 5.69 Å². The number of rotatable bonds is 21. The molecule has 0 spiro atoms. The number of ether oxygens (including phenoxy) is 2. The topological polar surface area (TPSA) is 273 Å². The maximum atomic E-state index is 14.1. The second kappa shape index (κ2) is 28.4. The molecule has 0 bridgehead atoms. The molecule has 9 rings (SSSR count). The number of hydrogen-bond acceptors (Lipinski definition) is 18. The Bertz CT molecular complexity index is 2770. The summed E-state index contributed by atoms with van der Waals surface area (Å²) >= 11 is 1.62. The van der Waals surface area contributed by atoms with E-state index in [0.717, 1.165) is 105 Å². The lowest BCUT2D eigenvalue weighted by Gasteiger charge is -2.38. The quantitative estimate of drug-likeness (QED) is 0.0288. The zero-order valence-electron chi connectivity index (χ0n) is 46.8. The number of thiazole rings is 1. The smallest absolute Gasteiger partial charge is 0.243 e. The molecule has 5 aliphatic rings. The fourth-order valence-electron chi connectivity index (χ4n) is 11.0. The van der Waals surface area contributed by atoms with Gasteiger partial charge in [0.2, 0.25) is 24.1 Å². The van der Waals surface area contributed by atoms with Crippen molar-refractivity contribution in [2.75, 3.05) is 63.9 Å². The number of amidine groups is 1. The standard InChI is InChI=1S/C36H52N6O6S.C23H30N6O2/c1-23(2)33(31-20-32(40-48-31)41-17-12-29(13-18-41)47-19-14-28(44)11-15-37-21-43)36(46)42-16-5-6-30(42)35(45)39-24(3)26-7-9-27(10-8-26)34-25(4)38-22-49-34;24-19(18-6-1-2-7-21(18)30)15-20(23(25)26)29-12-10-28(11-13-29)16-8-9-27-22(14-16)31-17-4-3-5-17/h7-10,21-24,28-31,33,44H,5-6,11-20H2,1-4H3,(H,37,43)(H,39,45);1-2,6-9,14-15,17,30H,3-5,10-13,24-26H2/b;19-15-. The van der Waals surface area contributed by atoms with Crippen molar-refractivity contribution in [2.24, 2.45) is 34.2 Å². The third-order valence-electron chi connectivity index (χ3n) is 15.9. The first-order valence-electron chi connectivity index (χ1n) is 28.4. The molecule has 10 N–H and O–H groups in total. The molecule has 21 heteroatoms. The number of nitrogens with one attached hydrogen (secondary N) is 2. The Morgan fingerprint density at radius 2 is 1.64 bits per heavy atom. The summed E-state index contributed by atoms with van der Waals surface area (Å²) in [5.41, 5.74) is 25.9. The molecule has 5 atom stereocenters. The highest BCUT2D eigenvalue weighted by Crippen LogP contribution is 2.34. The number of allylic oxidation sites excluding steroid dienone is 1. The normalized spacial score (nSPS) is 19.9. The maximum absolute atomic E-state index is 14.1. The van der Waals surface area contributed by atoms with Crippen LogP contribution in [0.5, 0.6) is 11.6 Å². The number of carbonyl (C=O) groups excluding carboxylic acids is 3. The Morgan fingerprint density at radius 3 is 2.30 bits per heavy atom.